The topological polar surface area (TPSA) is 32.3 Å². The van der Waals surface area contributed by atoms with Gasteiger partial charge in [0.15, 0.2) is 0 Å². The number of nitrogens with one attached hydrogen (secondary N) is 1. The van der Waals surface area contributed by atoms with Crippen molar-refractivity contribution >= 4 is 5.91 Å². The van der Waals surface area contributed by atoms with Crippen molar-refractivity contribution in [3.8, 4) is 0 Å². The van der Waals surface area contributed by atoms with Crippen LogP contribution in [0, 0.1) is 11.8 Å². The first-order chi connectivity index (χ1) is 9.09. The first-order valence-electron chi connectivity index (χ1n) is 7.08. The maximum absolute atomic E-state index is 12.1. The number of carbonyl (C=O) groups excluding carboxylic acids is 1. The minimum atomic E-state index is 0.165. The summed E-state index contributed by atoms with van der Waals surface area (Å²) < 4.78 is 0. The molecule has 1 aromatic carbocycles. The number of likely N-dealkylation sites (N-methyl/N-ethyl adjacent to an activating group) is 1. The second-order valence-electron chi connectivity index (χ2n) is 5.76. The van der Waals surface area contributed by atoms with E-state index >= 15 is 0 Å². The van der Waals surface area contributed by atoms with Crippen LogP contribution in [0.3, 0.4) is 0 Å². The average molecular weight is 260 g/mol. The number of amides is 1. The highest BCUT2D eigenvalue weighted by molar-refractivity contribution is 5.78. The summed E-state index contributed by atoms with van der Waals surface area (Å²) in [6.45, 7) is 2.72. The van der Waals surface area contributed by atoms with Gasteiger partial charge in [-0.05, 0) is 38.4 Å². The van der Waals surface area contributed by atoms with Crippen LogP contribution in [0.2, 0.25) is 0 Å². The number of benzene rings is 1. The Kier molecular flexibility index (Phi) is 4.59. The van der Waals surface area contributed by atoms with E-state index in [4.69, 9.17) is 0 Å². The first-order valence-corrected chi connectivity index (χ1v) is 7.08. The van der Waals surface area contributed by atoms with Crippen LogP contribution < -0.4 is 5.32 Å². The maximum Gasteiger partial charge on any atom is 0.223 e. The third-order valence-corrected chi connectivity index (χ3v) is 4.02. The lowest BCUT2D eigenvalue weighted by atomic mass is 10.0. The average Bonchev–Trinajstić information content (AvgIpc) is 3.23. The fourth-order valence-electron chi connectivity index (χ4n) is 2.44. The summed E-state index contributed by atoms with van der Waals surface area (Å²) in [5.74, 6) is 0.985. The molecule has 1 aliphatic rings. The highest BCUT2D eigenvalue weighted by Crippen LogP contribution is 2.36. The van der Waals surface area contributed by atoms with Gasteiger partial charge in [0.25, 0.3) is 0 Å². The Morgan fingerprint density at radius 3 is 2.47 bits per heavy atom. The zero-order chi connectivity index (χ0) is 13.8. The first kappa shape index (κ1) is 14.1. The fraction of sp³-hybridized carbons (Fsp3) is 0.562. The zero-order valence-electron chi connectivity index (χ0n) is 12.1. The predicted molar refractivity (Wildman–Crippen MR) is 77.8 cm³/mol. The minimum absolute atomic E-state index is 0.165. The molecule has 0 heterocycles. The Morgan fingerprint density at radius 2 is 1.95 bits per heavy atom. The lowest BCUT2D eigenvalue weighted by Crippen LogP contribution is -2.37. The minimum Gasteiger partial charge on any atom is -0.354 e. The number of hydrogen-bond donors (Lipinski definition) is 1. The van der Waals surface area contributed by atoms with E-state index in [0.717, 1.165) is 0 Å². The quantitative estimate of drug-likeness (QED) is 0.852. The van der Waals surface area contributed by atoms with Gasteiger partial charge in [0.1, 0.15) is 0 Å². The molecule has 0 spiro atoms. The SMILES string of the molecule is CC(C(=O)NCC(c1ccccc1)N(C)C)C1CC1. The summed E-state index contributed by atoms with van der Waals surface area (Å²) in [7, 11) is 4.10. The molecule has 1 fully saturated rings. The molecule has 2 rings (SSSR count). The van der Waals surface area contributed by atoms with Gasteiger partial charge in [0.05, 0.1) is 6.04 Å². The summed E-state index contributed by atoms with van der Waals surface area (Å²) in [5.41, 5.74) is 1.24. The van der Waals surface area contributed by atoms with E-state index in [9.17, 15) is 4.79 Å². The number of nitrogens with zero attached hydrogens (tertiary/aromatic N) is 1. The summed E-state index contributed by atoms with van der Waals surface area (Å²) in [6, 6.07) is 10.6. The molecule has 0 aromatic heterocycles. The molecule has 3 nitrogen and oxygen atoms in total. The molecule has 0 bridgehead atoms. The van der Waals surface area contributed by atoms with Crippen molar-refractivity contribution in [1.29, 1.82) is 0 Å². The summed E-state index contributed by atoms with van der Waals surface area (Å²) >= 11 is 0. The molecule has 0 aliphatic heterocycles. The monoisotopic (exact) mass is 260 g/mol. The highest BCUT2D eigenvalue weighted by atomic mass is 16.1. The molecular formula is C16H24N2O. The van der Waals surface area contributed by atoms with E-state index in [1.54, 1.807) is 0 Å². The Morgan fingerprint density at radius 1 is 1.32 bits per heavy atom. The van der Waals surface area contributed by atoms with Gasteiger partial charge >= 0.3 is 0 Å². The summed E-state index contributed by atoms with van der Waals surface area (Å²) in [6.07, 6.45) is 2.43. The Labute approximate surface area is 116 Å². The van der Waals surface area contributed by atoms with Crippen LogP contribution in [0.4, 0.5) is 0 Å². The van der Waals surface area contributed by atoms with Crippen molar-refractivity contribution in [3.05, 3.63) is 35.9 Å². The van der Waals surface area contributed by atoms with E-state index in [1.165, 1.54) is 18.4 Å². The van der Waals surface area contributed by atoms with E-state index in [2.05, 4.69) is 22.3 Å². The normalized spacial score (nSPS) is 18.1. The van der Waals surface area contributed by atoms with Crippen molar-refractivity contribution in [3.63, 3.8) is 0 Å². The molecule has 3 heteroatoms. The zero-order valence-corrected chi connectivity index (χ0v) is 12.1. The van der Waals surface area contributed by atoms with Crippen LogP contribution in [0.5, 0.6) is 0 Å². The highest BCUT2D eigenvalue weighted by Gasteiger charge is 2.32. The molecular weight excluding hydrogens is 236 g/mol. The predicted octanol–water partition coefficient (Wildman–Crippen LogP) is 2.45. The standard InChI is InChI=1S/C16H24N2O/c1-12(13-9-10-13)16(19)17-11-15(18(2)3)14-7-5-4-6-8-14/h4-8,12-13,15H,9-11H2,1-3H3,(H,17,19). The second-order valence-corrected chi connectivity index (χ2v) is 5.76. The lowest BCUT2D eigenvalue weighted by Gasteiger charge is -2.25. The van der Waals surface area contributed by atoms with Crippen molar-refractivity contribution in [2.24, 2.45) is 11.8 Å². The van der Waals surface area contributed by atoms with Gasteiger partial charge < -0.3 is 10.2 Å². The van der Waals surface area contributed by atoms with Gasteiger partial charge in [-0.25, -0.2) is 0 Å². The molecule has 0 saturated heterocycles. The Bertz CT molecular complexity index is 412. The van der Waals surface area contributed by atoms with Crippen LogP contribution in [-0.2, 0) is 4.79 Å². The molecule has 104 valence electrons. The molecule has 19 heavy (non-hydrogen) atoms. The van der Waals surface area contributed by atoms with Gasteiger partial charge in [-0.1, -0.05) is 37.3 Å². The van der Waals surface area contributed by atoms with E-state index in [0.29, 0.717) is 12.5 Å². The van der Waals surface area contributed by atoms with Crippen LogP contribution >= 0.6 is 0 Å². The molecule has 1 N–H and O–H groups in total. The number of carbonyl (C=O) groups is 1. The Hall–Kier alpha value is -1.35. The molecule has 1 saturated carbocycles. The summed E-state index contributed by atoms with van der Waals surface area (Å²) in [5, 5.41) is 3.10. The second kappa shape index (κ2) is 6.20. The molecule has 2 unspecified atom stereocenters. The lowest BCUT2D eigenvalue weighted by molar-refractivity contribution is -0.125. The van der Waals surface area contributed by atoms with Crippen LogP contribution in [0.25, 0.3) is 0 Å². The molecule has 2 atom stereocenters. The van der Waals surface area contributed by atoms with Gasteiger partial charge in [0.2, 0.25) is 5.91 Å². The molecule has 1 aliphatic carbocycles. The third-order valence-electron chi connectivity index (χ3n) is 4.02. The Balaban J connectivity index is 1.92. The van der Waals surface area contributed by atoms with Gasteiger partial charge in [-0.15, -0.1) is 0 Å². The molecule has 0 radical (unpaired) electrons. The van der Waals surface area contributed by atoms with Gasteiger partial charge in [0, 0.05) is 12.5 Å². The van der Waals surface area contributed by atoms with Crippen molar-refractivity contribution in [2.45, 2.75) is 25.8 Å². The number of hydrogen-bond acceptors (Lipinski definition) is 2. The molecule has 1 amide bonds. The summed E-state index contributed by atoms with van der Waals surface area (Å²) in [4.78, 5) is 14.2. The maximum atomic E-state index is 12.1. The largest absolute Gasteiger partial charge is 0.354 e. The van der Waals surface area contributed by atoms with Crippen molar-refractivity contribution in [2.75, 3.05) is 20.6 Å². The van der Waals surface area contributed by atoms with Crippen LogP contribution in [-0.4, -0.2) is 31.4 Å². The van der Waals surface area contributed by atoms with Crippen LogP contribution in [0.15, 0.2) is 30.3 Å². The van der Waals surface area contributed by atoms with Crippen molar-refractivity contribution < 1.29 is 4.79 Å². The molecule has 1 aromatic rings. The van der Waals surface area contributed by atoms with Gasteiger partial charge in [-0.2, -0.15) is 0 Å². The third kappa shape index (κ3) is 3.80. The van der Waals surface area contributed by atoms with Gasteiger partial charge in [-0.3, -0.25) is 4.79 Å². The van der Waals surface area contributed by atoms with E-state index in [-0.39, 0.29) is 17.9 Å². The number of rotatable bonds is 6. The van der Waals surface area contributed by atoms with E-state index < -0.39 is 0 Å². The van der Waals surface area contributed by atoms with Crippen molar-refractivity contribution in [1.82, 2.24) is 10.2 Å². The van der Waals surface area contributed by atoms with Crippen LogP contribution in [0.1, 0.15) is 31.4 Å². The van der Waals surface area contributed by atoms with E-state index in [1.807, 2.05) is 39.2 Å². The fourth-order valence-corrected chi connectivity index (χ4v) is 2.44. The smallest absolute Gasteiger partial charge is 0.223 e.